The predicted molar refractivity (Wildman–Crippen MR) is 96.7 cm³/mol. The van der Waals surface area contributed by atoms with Gasteiger partial charge >= 0.3 is 0 Å². The van der Waals surface area contributed by atoms with E-state index in [1.54, 1.807) is 30.3 Å². The van der Waals surface area contributed by atoms with Gasteiger partial charge in [0.2, 0.25) is 5.95 Å². The van der Waals surface area contributed by atoms with Crippen LogP contribution in [0.4, 0.5) is 16.2 Å². The number of ether oxygens (including phenoxy) is 1. The van der Waals surface area contributed by atoms with Crippen LogP contribution in [0.15, 0.2) is 42.5 Å². The molecule has 1 aromatic heterocycles. The van der Waals surface area contributed by atoms with Crippen molar-refractivity contribution < 1.29 is 9.13 Å². The largest absolute Gasteiger partial charge is 0.489 e. The topological polar surface area (TPSA) is 111 Å². The van der Waals surface area contributed by atoms with Crippen LogP contribution in [-0.4, -0.2) is 9.97 Å². The third kappa shape index (κ3) is 3.66. The number of nitriles is 1. The highest BCUT2D eigenvalue weighted by Gasteiger charge is 2.13. The SMILES string of the molecule is N#Cc1c(N)nc(N)nc1-c1ccc(OCc2ccc(Cl)c(F)c2)cc1. The molecule has 0 saturated heterocycles. The lowest BCUT2D eigenvalue weighted by Crippen LogP contribution is -2.05. The highest BCUT2D eigenvalue weighted by molar-refractivity contribution is 6.30. The molecule has 3 rings (SSSR count). The van der Waals surface area contributed by atoms with Crippen molar-refractivity contribution in [2.75, 3.05) is 11.5 Å². The molecule has 0 aliphatic rings. The Hall–Kier alpha value is -3.37. The molecule has 0 saturated carbocycles. The molecule has 2 aromatic carbocycles. The number of nitrogens with zero attached hydrogens (tertiary/aromatic N) is 3. The Morgan fingerprint density at radius 2 is 1.85 bits per heavy atom. The number of halogens is 2. The molecule has 3 aromatic rings. The normalized spacial score (nSPS) is 10.3. The van der Waals surface area contributed by atoms with E-state index in [0.29, 0.717) is 22.6 Å². The summed E-state index contributed by atoms with van der Waals surface area (Å²) in [6.07, 6.45) is 0. The van der Waals surface area contributed by atoms with Gasteiger partial charge in [0.05, 0.1) is 10.7 Å². The highest BCUT2D eigenvalue weighted by atomic mass is 35.5. The van der Waals surface area contributed by atoms with Crippen LogP contribution in [0, 0.1) is 17.1 Å². The Morgan fingerprint density at radius 3 is 2.50 bits per heavy atom. The van der Waals surface area contributed by atoms with E-state index in [4.69, 9.17) is 27.8 Å². The Labute approximate surface area is 153 Å². The third-order valence-corrected chi connectivity index (χ3v) is 3.89. The molecule has 0 spiro atoms. The van der Waals surface area contributed by atoms with Crippen molar-refractivity contribution in [1.29, 1.82) is 5.26 Å². The molecule has 0 atom stereocenters. The minimum absolute atomic E-state index is 0.0124. The fourth-order valence-corrected chi connectivity index (χ4v) is 2.44. The summed E-state index contributed by atoms with van der Waals surface area (Å²) in [6.45, 7) is 0.185. The average Bonchev–Trinajstić information content (AvgIpc) is 2.62. The van der Waals surface area contributed by atoms with Gasteiger partial charge in [0.1, 0.15) is 35.6 Å². The third-order valence-electron chi connectivity index (χ3n) is 3.58. The zero-order valence-corrected chi connectivity index (χ0v) is 14.2. The molecular formula is C18H13ClFN5O. The number of rotatable bonds is 4. The van der Waals surface area contributed by atoms with Crippen LogP contribution in [0.5, 0.6) is 5.75 Å². The average molecular weight is 370 g/mol. The molecule has 4 N–H and O–H groups in total. The van der Waals surface area contributed by atoms with Crippen LogP contribution >= 0.6 is 11.6 Å². The quantitative estimate of drug-likeness (QED) is 0.727. The summed E-state index contributed by atoms with van der Waals surface area (Å²) in [5.41, 5.74) is 13.1. The van der Waals surface area contributed by atoms with E-state index < -0.39 is 5.82 Å². The maximum absolute atomic E-state index is 13.4. The summed E-state index contributed by atoms with van der Waals surface area (Å²) in [5.74, 6) is 0.0883. The van der Waals surface area contributed by atoms with Crippen LogP contribution in [0.2, 0.25) is 5.02 Å². The van der Waals surface area contributed by atoms with Crippen LogP contribution in [0.3, 0.4) is 0 Å². The molecule has 130 valence electrons. The number of hydrogen-bond acceptors (Lipinski definition) is 6. The molecule has 1 heterocycles. The van der Waals surface area contributed by atoms with Crippen LogP contribution in [0.1, 0.15) is 11.1 Å². The smallest absolute Gasteiger partial charge is 0.222 e. The lowest BCUT2D eigenvalue weighted by Gasteiger charge is -2.09. The Morgan fingerprint density at radius 1 is 1.12 bits per heavy atom. The molecule has 6 nitrogen and oxygen atoms in total. The van der Waals surface area contributed by atoms with Crippen molar-refractivity contribution in [1.82, 2.24) is 9.97 Å². The number of benzene rings is 2. The summed E-state index contributed by atoms with van der Waals surface area (Å²) in [4.78, 5) is 7.87. The Balaban J connectivity index is 1.79. The maximum Gasteiger partial charge on any atom is 0.222 e. The first-order valence-corrected chi connectivity index (χ1v) is 7.86. The Bertz CT molecular complexity index is 1000. The molecule has 0 aliphatic heterocycles. The van der Waals surface area contributed by atoms with Crippen LogP contribution in [-0.2, 0) is 6.61 Å². The summed E-state index contributed by atoms with van der Waals surface area (Å²) in [7, 11) is 0. The molecule has 8 heteroatoms. The number of hydrogen-bond donors (Lipinski definition) is 2. The fraction of sp³-hybridized carbons (Fsp3) is 0.0556. The van der Waals surface area contributed by atoms with Gasteiger partial charge < -0.3 is 16.2 Å². The second-order valence-corrected chi connectivity index (χ2v) is 5.77. The lowest BCUT2D eigenvalue weighted by atomic mass is 10.1. The van der Waals surface area contributed by atoms with Gasteiger partial charge in [-0.15, -0.1) is 0 Å². The first kappa shape index (κ1) is 17.5. The summed E-state index contributed by atoms with van der Waals surface area (Å²) in [5, 5.41) is 9.31. The molecule has 0 aliphatic carbocycles. The molecule has 0 bridgehead atoms. The van der Waals surface area contributed by atoms with Gasteiger partial charge in [-0.3, -0.25) is 0 Å². The second kappa shape index (κ2) is 7.25. The summed E-state index contributed by atoms with van der Waals surface area (Å²) in [6, 6.07) is 13.3. The van der Waals surface area contributed by atoms with E-state index in [9.17, 15) is 9.65 Å². The van der Waals surface area contributed by atoms with E-state index in [1.807, 2.05) is 6.07 Å². The number of aromatic nitrogens is 2. The molecule has 0 radical (unpaired) electrons. The number of nitrogens with two attached hydrogens (primary N) is 2. The number of nitrogen functional groups attached to an aromatic ring is 2. The lowest BCUT2D eigenvalue weighted by molar-refractivity contribution is 0.305. The first-order valence-electron chi connectivity index (χ1n) is 7.48. The summed E-state index contributed by atoms with van der Waals surface area (Å²) >= 11 is 5.65. The zero-order valence-electron chi connectivity index (χ0n) is 13.4. The maximum atomic E-state index is 13.4. The van der Waals surface area contributed by atoms with Crippen molar-refractivity contribution in [3.63, 3.8) is 0 Å². The van der Waals surface area contributed by atoms with Crippen molar-refractivity contribution in [2.45, 2.75) is 6.61 Å². The van der Waals surface area contributed by atoms with Gasteiger partial charge in [0.15, 0.2) is 0 Å². The molecule has 26 heavy (non-hydrogen) atoms. The molecule has 0 amide bonds. The van der Waals surface area contributed by atoms with Gasteiger partial charge in [-0.1, -0.05) is 17.7 Å². The van der Waals surface area contributed by atoms with Gasteiger partial charge in [-0.05, 0) is 42.0 Å². The van der Waals surface area contributed by atoms with E-state index in [0.717, 1.165) is 0 Å². The number of anilines is 2. The zero-order chi connectivity index (χ0) is 18.7. The van der Waals surface area contributed by atoms with Crippen molar-refractivity contribution in [3.05, 3.63) is 64.4 Å². The van der Waals surface area contributed by atoms with Gasteiger partial charge in [0, 0.05) is 5.56 Å². The first-order chi connectivity index (χ1) is 12.5. The van der Waals surface area contributed by atoms with E-state index in [1.165, 1.54) is 12.1 Å². The minimum atomic E-state index is -0.494. The second-order valence-electron chi connectivity index (χ2n) is 5.36. The highest BCUT2D eigenvalue weighted by Crippen LogP contribution is 2.27. The monoisotopic (exact) mass is 369 g/mol. The molecule has 0 fully saturated rings. The van der Waals surface area contributed by atoms with Gasteiger partial charge in [-0.25, -0.2) is 9.37 Å². The molecular weight excluding hydrogens is 357 g/mol. The van der Waals surface area contributed by atoms with E-state index >= 15 is 0 Å². The minimum Gasteiger partial charge on any atom is -0.489 e. The van der Waals surface area contributed by atoms with E-state index in [-0.39, 0.29) is 29.0 Å². The predicted octanol–water partition coefficient (Wildman–Crippen LogP) is 3.55. The van der Waals surface area contributed by atoms with E-state index in [2.05, 4.69) is 9.97 Å². The van der Waals surface area contributed by atoms with Crippen molar-refractivity contribution >= 4 is 23.4 Å². The van der Waals surface area contributed by atoms with Crippen LogP contribution < -0.4 is 16.2 Å². The van der Waals surface area contributed by atoms with Crippen molar-refractivity contribution in [2.24, 2.45) is 0 Å². The standard InChI is InChI=1S/C18H13ClFN5O/c19-14-6-1-10(7-15(14)20)9-26-12-4-2-11(3-5-12)16-13(8-21)17(22)25-18(23)24-16/h1-7H,9H2,(H4,22,23,24,25). The van der Waals surface area contributed by atoms with Crippen molar-refractivity contribution in [3.8, 4) is 23.1 Å². The summed E-state index contributed by atoms with van der Waals surface area (Å²) < 4.78 is 19.1. The van der Waals surface area contributed by atoms with Gasteiger partial charge in [0.25, 0.3) is 0 Å². The van der Waals surface area contributed by atoms with Gasteiger partial charge in [-0.2, -0.15) is 10.2 Å². The molecule has 0 unspecified atom stereocenters. The fourth-order valence-electron chi connectivity index (χ4n) is 2.32. The Kier molecular flexibility index (Phi) is 4.87. The van der Waals surface area contributed by atoms with Crippen LogP contribution in [0.25, 0.3) is 11.3 Å².